The third-order valence-electron chi connectivity index (χ3n) is 4.50. The average molecular weight is 310 g/mol. The minimum Gasteiger partial charge on any atom is -0.455 e. The molecule has 0 aliphatic carbocycles. The van der Waals surface area contributed by atoms with E-state index >= 15 is 0 Å². The Kier molecular flexibility index (Phi) is 6.21. The summed E-state index contributed by atoms with van der Waals surface area (Å²) in [6.45, 7) is 3.97. The van der Waals surface area contributed by atoms with Gasteiger partial charge in [-0.25, -0.2) is 0 Å². The van der Waals surface area contributed by atoms with Crippen LogP contribution < -0.4 is 0 Å². The number of hydrogen-bond donors (Lipinski definition) is 0. The van der Waals surface area contributed by atoms with Crippen LogP contribution in [-0.4, -0.2) is 60.4 Å². The Morgan fingerprint density at radius 1 is 0.955 bits per heavy atom. The second-order valence-corrected chi connectivity index (χ2v) is 6.21. The van der Waals surface area contributed by atoms with Gasteiger partial charge in [-0.3, -0.25) is 14.4 Å². The molecule has 6 heteroatoms. The Labute approximate surface area is 131 Å². The molecule has 0 spiro atoms. The molecule has 2 aliphatic rings. The summed E-state index contributed by atoms with van der Waals surface area (Å²) in [5.41, 5.74) is 0. The zero-order valence-electron chi connectivity index (χ0n) is 13.4. The molecule has 2 saturated heterocycles. The molecule has 0 radical (unpaired) electrons. The van der Waals surface area contributed by atoms with Gasteiger partial charge in [0.05, 0.1) is 5.92 Å². The fourth-order valence-electron chi connectivity index (χ4n) is 3.12. The monoisotopic (exact) mass is 310 g/mol. The van der Waals surface area contributed by atoms with Crippen molar-refractivity contribution in [2.45, 2.75) is 45.4 Å². The Morgan fingerprint density at radius 2 is 1.59 bits per heavy atom. The van der Waals surface area contributed by atoms with Gasteiger partial charge in [-0.05, 0) is 25.7 Å². The maximum Gasteiger partial charge on any atom is 0.311 e. The summed E-state index contributed by atoms with van der Waals surface area (Å²) in [6.07, 6.45) is 5.89. The third-order valence-corrected chi connectivity index (χ3v) is 4.50. The first-order chi connectivity index (χ1) is 10.6. The lowest BCUT2D eigenvalue weighted by Gasteiger charge is -2.30. The molecule has 0 aromatic heterocycles. The van der Waals surface area contributed by atoms with E-state index in [0.717, 1.165) is 51.6 Å². The Balaban J connectivity index is 1.76. The predicted molar refractivity (Wildman–Crippen MR) is 81.0 cm³/mol. The molecule has 0 unspecified atom stereocenters. The van der Waals surface area contributed by atoms with Gasteiger partial charge < -0.3 is 14.5 Å². The molecule has 6 nitrogen and oxygen atoms in total. The van der Waals surface area contributed by atoms with Crippen LogP contribution >= 0.6 is 0 Å². The van der Waals surface area contributed by atoms with Crippen LogP contribution in [-0.2, 0) is 19.1 Å². The highest BCUT2D eigenvalue weighted by Gasteiger charge is 2.29. The van der Waals surface area contributed by atoms with Crippen LogP contribution in [0.1, 0.15) is 45.4 Å². The molecule has 2 fully saturated rings. The lowest BCUT2D eigenvalue weighted by molar-refractivity contribution is -0.157. The highest BCUT2D eigenvalue weighted by atomic mass is 16.5. The van der Waals surface area contributed by atoms with E-state index in [2.05, 4.69) is 0 Å². The molecule has 1 atom stereocenters. The Morgan fingerprint density at radius 3 is 2.23 bits per heavy atom. The normalized spacial score (nSPS) is 22.9. The van der Waals surface area contributed by atoms with Crippen molar-refractivity contribution in [3.05, 3.63) is 0 Å². The number of esters is 1. The molecular weight excluding hydrogens is 284 g/mol. The fraction of sp³-hybridized carbons (Fsp3) is 0.812. The molecule has 0 bridgehead atoms. The Hall–Kier alpha value is -1.59. The van der Waals surface area contributed by atoms with Crippen LogP contribution in [0.5, 0.6) is 0 Å². The largest absolute Gasteiger partial charge is 0.455 e. The van der Waals surface area contributed by atoms with E-state index in [9.17, 15) is 14.4 Å². The van der Waals surface area contributed by atoms with E-state index in [1.54, 1.807) is 9.80 Å². The van der Waals surface area contributed by atoms with E-state index in [-0.39, 0.29) is 30.3 Å². The zero-order valence-corrected chi connectivity index (χ0v) is 13.4. The van der Waals surface area contributed by atoms with E-state index in [0.29, 0.717) is 13.1 Å². The van der Waals surface area contributed by atoms with E-state index < -0.39 is 0 Å². The van der Waals surface area contributed by atoms with Gasteiger partial charge in [-0.15, -0.1) is 0 Å². The molecule has 2 amide bonds. The first kappa shape index (κ1) is 16.8. The summed E-state index contributed by atoms with van der Waals surface area (Å²) >= 11 is 0. The SMILES string of the molecule is CC(=O)N1CCC[C@H](C(=O)OCC(=O)N2CCCCCC2)C1. The molecule has 124 valence electrons. The van der Waals surface area contributed by atoms with Gasteiger partial charge in [0, 0.05) is 33.1 Å². The van der Waals surface area contributed by atoms with Crippen molar-refractivity contribution in [3.8, 4) is 0 Å². The second kappa shape index (κ2) is 8.15. The van der Waals surface area contributed by atoms with E-state index in [1.165, 1.54) is 6.92 Å². The molecule has 0 aromatic rings. The topological polar surface area (TPSA) is 66.9 Å². The number of carbonyl (C=O) groups is 3. The van der Waals surface area contributed by atoms with Crippen LogP contribution in [0.4, 0.5) is 0 Å². The van der Waals surface area contributed by atoms with Crippen molar-refractivity contribution in [2.24, 2.45) is 5.92 Å². The van der Waals surface area contributed by atoms with Crippen LogP contribution in [0.3, 0.4) is 0 Å². The molecule has 2 aliphatic heterocycles. The summed E-state index contributed by atoms with van der Waals surface area (Å²) in [5.74, 6) is -0.767. The lowest BCUT2D eigenvalue weighted by atomic mass is 9.98. The average Bonchev–Trinajstić information content (AvgIpc) is 2.81. The number of rotatable bonds is 3. The van der Waals surface area contributed by atoms with Gasteiger partial charge in [0.25, 0.3) is 5.91 Å². The molecule has 22 heavy (non-hydrogen) atoms. The highest BCUT2D eigenvalue weighted by Crippen LogP contribution is 2.18. The van der Waals surface area contributed by atoms with Crippen LogP contribution in [0.15, 0.2) is 0 Å². The van der Waals surface area contributed by atoms with Gasteiger partial charge in [0.1, 0.15) is 0 Å². The predicted octanol–water partition coefficient (Wildman–Crippen LogP) is 1.19. The fourth-order valence-corrected chi connectivity index (χ4v) is 3.12. The van der Waals surface area contributed by atoms with Crippen molar-refractivity contribution in [2.75, 3.05) is 32.8 Å². The summed E-state index contributed by atoms with van der Waals surface area (Å²) in [7, 11) is 0. The summed E-state index contributed by atoms with van der Waals surface area (Å²) in [5, 5.41) is 0. The molecule has 2 rings (SSSR count). The maximum atomic E-state index is 12.1. The van der Waals surface area contributed by atoms with Gasteiger partial charge >= 0.3 is 5.97 Å². The first-order valence-electron chi connectivity index (χ1n) is 8.28. The molecule has 2 heterocycles. The quantitative estimate of drug-likeness (QED) is 0.734. The van der Waals surface area contributed by atoms with Crippen molar-refractivity contribution in [3.63, 3.8) is 0 Å². The minimum absolute atomic E-state index is 0.0156. The van der Waals surface area contributed by atoms with Gasteiger partial charge in [0.2, 0.25) is 5.91 Å². The number of hydrogen-bond acceptors (Lipinski definition) is 4. The third kappa shape index (κ3) is 4.71. The zero-order chi connectivity index (χ0) is 15.9. The number of amides is 2. The van der Waals surface area contributed by atoms with Crippen LogP contribution in [0.2, 0.25) is 0 Å². The summed E-state index contributed by atoms with van der Waals surface area (Å²) in [4.78, 5) is 39.0. The van der Waals surface area contributed by atoms with E-state index in [4.69, 9.17) is 4.74 Å². The lowest BCUT2D eigenvalue weighted by Crippen LogP contribution is -2.42. The molecular formula is C16H26N2O4. The van der Waals surface area contributed by atoms with Crippen molar-refractivity contribution >= 4 is 17.8 Å². The van der Waals surface area contributed by atoms with Crippen molar-refractivity contribution in [1.29, 1.82) is 0 Å². The van der Waals surface area contributed by atoms with Crippen LogP contribution in [0, 0.1) is 5.92 Å². The summed E-state index contributed by atoms with van der Waals surface area (Å²) < 4.78 is 5.20. The van der Waals surface area contributed by atoms with E-state index in [1.807, 2.05) is 0 Å². The molecule has 0 saturated carbocycles. The number of nitrogens with zero attached hydrogens (tertiary/aromatic N) is 2. The number of carbonyl (C=O) groups excluding carboxylic acids is 3. The molecule has 0 N–H and O–H groups in total. The minimum atomic E-state index is -0.353. The standard InChI is InChI=1S/C16H26N2O4/c1-13(19)18-10-6-7-14(11-18)16(21)22-12-15(20)17-8-4-2-3-5-9-17/h14H,2-12H2,1H3/t14-/m0/s1. The van der Waals surface area contributed by atoms with Gasteiger partial charge in [-0.1, -0.05) is 12.8 Å². The Bertz CT molecular complexity index is 416. The summed E-state index contributed by atoms with van der Waals surface area (Å²) in [6, 6.07) is 0. The van der Waals surface area contributed by atoms with Crippen molar-refractivity contribution in [1.82, 2.24) is 9.80 Å². The number of likely N-dealkylation sites (tertiary alicyclic amines) is 2. The van der Waals surface area contributed by atoms with Crippen LogP contribution in [0.25, 0.3) is 0 Å². The smallest absolute Gasteiger partial charge is 0.311 e. The van der Waals surface area contributed by atoms with Gasteiger partial charge in [-0.2, -0.15) is 0 Å². The highest BCUT2D eigenvalue weighted by molar-refractivity contribution is 5.82. The second-order valence-electron chi connectivity index (χ2n) is 6.21. The maximum absolute atomic E-state index is 12.1. The first-order valence-corrected chi connectivity index (χ1v) is 8.28. The van der Waals surface area contributed by atoms with Gasteiger partial charge in [0.15, 0.2) is 6.61 Å². The number of ether oxygens (including phenoxy) is 1. The molecule has 0 aromatic carbocycles. The number of piperidine rings is 1. The van der Waals surface area contributed by atoms with Crippen molar-refractivity contribution < 1.29 is 19.1 Å².